The molecule has 0 spiro atoms. The first kappa shape index (κ1) is 18.6. The maximum absolute atomic E-state index is 14.6. The van der Waals surface area contributed by atoms with E-state index in [9.17, 15) is 9.18 Å². The number of carbonyl (C=O) groups is 1. The van der Waals surface area contributed by atoms with Crippen LogP contribution in [0.25, 0.3) is 0 Å². The molecule has 1 aliphatic heterocycles. The Morgan fingerprint density at radius 1 is 1.25 bits per heavy atom. The van der Waals surface area contributed by atoms with Gasteiger partial charge in [-0.1, -0.05) is 12.1 Å². The second kappa shape index (κ2) is 7.35. The lowest BCUT2D eigenvalue weighted by Crippen LogP contribution is -2.54. The Hall–Kier alpha value is -2.74. The number of anilines is 3. The second-order valence-corrected chi connectivity index (χ2v) is 7.52. The fourth-order valence-corrected chi connectivity index (χ4v) is 4.28. The van der Waals surface area contributed by atoms with E-state index in [0.717, 1.165) is 31.2 Å². The standard InChI is InChI=1S/C20H25FN6O/c1-12-4-3-5-16(21)17(12)26-11-13-10-24-19(22)25-18(13)27(20(26)28)15-8-6-14(23-2)7-9-15/h3-5,10,14-15,23H,6-9,11H2,1-2H3,(H2,22,24,25)/t14-,15+. The van der Waals surface area contributed by atoms with Crippen molar-refractivity contribution in [1.29, 1.82) is 0 Å². The number of nitrogen functional groups attached to an aromatic ring is 1. The van der Waals surface area contributed by atoms with Crippen LogP contribution in [0.3, 0.4) is 0 Å². The van der Waals surface area contributed by atoms with Gasteiger partial charge in [-0.15, -0.1) is 0 Å². The third-order valence-electron chi connectivity index (χ3n) is 5.78. The monoisotopic (exact) mass is 384 g/mol. The van der Waals surface area contributed by atoms with Gasteiger partial charge in [0.1, 0.15) is 11.6 Å². The Kier molecular flexibility index (Phi) is 4.89. The fourth-order valence-electron chi connectivity index (χ4n) is 4.28. The lowest BCUT2D eigenvalue weighted by atomic mass is 9.90. The van der Waals surface area contributed by atoms with Crippen LogP contribution in [0.5, 0.6) is 0 Å². The van der Waals surface area contributed by atoms with Gasteiger partial charge in [-0.3, -0.25) is 9.80 Å². The van der Waals surface area contributed by atoms with Gasteiger partial charge in [-0.05, 0) is 51.3 Å². The molecule has 8 heteroatoms. The molecule has 4 rings (SSSR count). The maximum Gasteiger partial charge on any atom is 0.330 e. The molecule has 2 amide bonds. The normalized spacial score (nSPS) is 22.3. The molecular weight excluding hydrogens is 359 g/mol. The number of benzene rings is 1. The molecule has 2 heterocycles. The summed E-state index contributed by atoms with van der Waals surface area (Å²) in [5.74, 6) is 0.277. The van der Waals surface area contributed by atoms with E-state index in [4.69, 9.17) is 5.73 Å². The van der Waals surface area contributed by atoms with Crippen molar-refractivity contribution < 1.29 is 9.18 Å². The van der Waals surface area contributed by atoms with E-state index in [1.165, 1.54) is 11.0 Å². The van der Waals surface area contributed by atoms with Gasteiger partial charge in [-0.25, -0.2) is 14.2 Å². The number of nitrogens with one attached hydrogen (secondary N) is 1. The molecule has 0 saturated heterocycles. The predicted molar refractivity (Wildman–Crippen MR) is 107 cm³/mol. The molecular formula is C20H25FN6O. The number of amides is 2. The van der Waals surface area contributed by atoms with Gasteiger partial charge in [-0.2, -0.15) is 4.98 Å². The summed E-state index contributed by atoms with van der Waals surface area (Å²) in [6.07, 6.45) is 5.29. The summed E-state index contributed by atoms with van der Waals surface area (Å²) in [4.78, 5) is 25.2. The van der Waals surface area contributed by atoms with Gasteiger partial charge in [0.15, 0.2) is 0 Å². The number of rotatable bonds is 3. The average molecular weight is 384 g/mol. The van der Waals surface area contributed by atoms with Crippen molar-refractivity contribution in [3.63, 3.8) is 0 Å². The Morgan fingerprint density at radius 3 is 2.68 bits per heavy atom. The van der Waals surface area contributed by atoms with Crippen LogP contribution >= 0.6 is 0 Å². The quantitative estimate of drug-likeness (QED) is 0.849. The number of urea groups is 1. The summed E-state index contributed by atoms with van der Waals surface area (Å²) < 4.78 is 14.6. The van der Waals surface area contributed by atoms with Crippen molar-refractivity contribution in [3.8, 4) is 0 Å². The van der Waals surface area contributed by atoms with Crippen LogP contribution < -0.4 is 20.9 Å². The van der Waals surface area contributed by atoms with Crippen molar-refractivity contribution in [2.45, 2.75) is 51.2 Å². The maximum atomic E-state index is 14.6. The summed E-state index contributed by atoms with van der Waals surface area (Å²) in [5, 5.41) is 3.31. The highest BCUT2D eigenvalue weighted by Crippen LogP contribution is 2.37. The van der Waals surface area contributed by atoms with Crippen LogP contribution in [-0.4, -0.2) is 35.1 Å². The molecule has 1 aromatic heterocycles. The van der Waals surface area contributed by atoms with Crippen molar-refractivity contribution in [2.24, 2.45) is 0 Å². The molecule has 2 aromatic rings. The topological polar surface area (TPSA) is 87.4 Å². The molecule has 7 nitrogen and oxygen atoms in total. The van der Waals surface area contributed by atoms with Crippen LogP contribution in [-0.2, 0) is 6.54 Å². The zero-order chi connectivity index (χ0) is 19.8. The van der Waals surface area contributed by atoms with Crippen molar-refractivity contribution in [3.05, 3.63) is 41.3 Å². The van der Waals surface area contributed by atoms with E-state index in [-0.39, 0.29) is 24.6 Å². The fraction of sp³-hybridized carbons (Fsp3) is 0.450. The minimum absolute atomic E-state index is 0.0000274. The molecule has 0 unspecified atom stereocenters. The van der Waals surface area contributed by atoms with E-state index >= 15 is 0 Å². The molecule has 28 heavy (non-hydrogen) atoms. The highest BCUT2D eigenvalue weighted by Gasteiger charge is 2.39. The van der Waals surface area contributed by atoms with E-state index in [0.29, 0.717) is 23.1 Å². The number of halogens is 1. The summed E-state index contributed by atoms with van der Waals surface area (Å²) in [6, 6.07) is 5.04. The SMILES string of the molecule is CN[C@H]1CC[C@@H](N2C(=O)N(c3c(C)cccc3F)Cc3cnc(N)nc32)CC1. The molecule has 1 fully saturated rings. The van der Waals surface area contributed by atoms with Crippen LogP contribution in [0.4, 0.5) is 26.6 Å². The number of carbonyl (C=O) groups excluding carboxylic acids is 1. The molecule has 148 valence electrons. The Morgan fingerprint density at radius 2 is 2.00 bits per heavy atom. The number of aromatic nitrogens is 2. The molecule has 0 radical (unpaired) electrons. The largest absolute Gasteiger partial charge is 0.368 e. The third kappa shape index (κ3) is 3.17. The van der Waals surface area contributed by atoms with Crippen molar-refractivity contribution >= 4 is 23.5 Å². The number of nitrogens with zero attached hydrogens (tertiary/aromatic N) is 4. The summed E-state index contributed by atoms with van der Waals surface area (Å²) in [6.45, 7) is 2.03. The van der Waals surface area contributed by atoms with Gasteiger partial charge in [0, 0.05) is 23.8 Å². The molecule has 2 aliphatic rings. The zero-order valence-corrected chi connectivity index (χ0v) is 16.2. The molecule has 3 N–H and O–H groups in total. The van der Waals surface area contributed by atoms with Crippen LogP contribution in [0.15, 0.2) is 24.4 Å². The first-order chi connectivity index (χ1) is 13.5. The first-order valence-electron chi connectivity index (χ1n) is 9.64. The van der Waals surface area contributed by atoms with Gasteiger partial charge >= 0.3 is 6.03 Å². The van der Waals surface area contributed by atoms with E-state index in [2.05, 4.69) is 15.3 Å². The molecule has 0 atom stereocenters. The van der Waals surface area contributed by atoms with Crippen LogP contribution in [0, 0.1) is 12.7 Å². The van der Waals surface area contributed by atoms with Gasteiger partial charge in [0.2, 0.25) is 5.95 Å². The Balaban J connectivity index is 1.76. The molecule has 0 bridgehead atoms. The minimum atomic E-state index is -0.410. The Labute approximate surface area is 163 Å². The molecule has 1 saturated carbocycles. The van der Waals surface area contributed by atoms with Gasteiger partial charge < -0.3 is 11.1 Å². The second-order valence-electron chi connectivity index (χ2n) is 7.52. The minimum Gasteiger partial charge on any atom is -0.368 e. The van der Waals surface area contributed by atoms with Crippen molar-refractivity contribution in [2.75, 3.05) is 22.6 Å². The number of hydrogen-bond donors (Lipinski definition) is 2. The number of hydrogen-bond acceptors (Lipinski definition) is 5. The number of fused-ring (bicyclic) bond motifs is 1. The average Bonchev–Trinajstić information content (AvgIpc) is 2.69. The summed E-state index contributed by atoms with van der Waals surface area (Å²) in [5.41, 5.74) is 7.61. The highest BCUT2D eigenvalue weighted by molar-refractivity contribution is 6.06. The molecule has 1 aliphatic carbocycles. The van der Waals surface area contributed by atoms with Crippen LogP contribution in [0.2, 0.25) is 0 Å². The number of para-hydroxylation sites is 1. The zero-order valence-electron chi connectivity index (χ0n) is 16.2. The van der Waals surface area contributed by atoms with Crippen molar-refractivity contribution in [1.82, 2.24) is 15.3 Å². The third-order valence-corrected chi connectivity index (χ3v) is 5.78. The van der Waals surface area contributed by atoms with E-state index in [1.54, 1.807) is 17.2 Å². The summed E-state index contributed by atoms with van der Waals surface area (Å²) in [7, 11) is 1.96. The smallest absolute Gasteiger partial charge is 0.330 e. The highest BCUT2D eigenvalue weighted by atomic mass is 19.1. The van der Waals surface area contributed by atoms with Crippen LogP contribution in [0.1, 0.15) is 36.8 Å². The lowest BCUT2D eigenvalue weighted by molar-refractivity contribution is 0.242. The van der Waals surface area contributed by atoms with Gasteiger partial charge in [0.25, 0.3) is 0 Å². The summed E-state index contributed by atoms with van der Waals surface area (Å²) >= 11 is 0. The number of aryl methyl sites for hydroxylation is 1. The number of nitrogens with two attached hydrogens (primary N) is 1. The van der Waals surface area contributed by atoms with E-state index in [1.807, 2.05) is 20.0 Å². The van der Waals surface area contributed by atoms with Gasteiger partial charge in [0.05, 0.1) is 12.2 Å². The molecule has 1 aromatic carbocycles. The lowest BCUT2D eigenvalue weighted by Gasteiger charge is -2.42. The van der Waals surface area contributed by atoms with E-state index < -0.39 is 5.82 Å². The Bertz CT molecular complexity index is 876. The predicted octanol–water partition coefficient (Wildman–Crippen LogP) is 2.98. The first-order valence-corrected chi connectivity index (χ1v) is 9.64.